The zero-order valence-electron chi connectivity index (χ0n) is 13.4. The van der Waals surface area contributed by atoms with Crippen LogP contribution in [0.4, 0.5) is 0 Å². The summed E-state index contributed by atoms with van der Waals surface area (Å²) in [7, 11) is 0. The lowest BCUT2D eigenvalue weighted by atomic mass is 9.74. The number of hydrogen-bond acceptors (Lipinski definition) is 3. The molecule has 2 aliphatic rings. The van der Waals surface area contributed by atoms with Gasteiger partial charge in [0.1, 0.15) is 0 Å². The molecule has 1 atom stereocenters. The number of benzene rings is 1. The van der Waals surface area contributed by atoms with Crippen molar-refractivity contribution in [3.8, 4) is 0 Å². The number of amides is 1. The molecule has 0 aliphatic carbocycles. The summed E-state index contributed by atoms with van der Waals surface area (Å²) < 4.78 is 5.54. The van der Waals surface area contributed by atoms with Gasteiger partial charge in [0.15, 0.2) is 0 Å². The van der Waals surface area contributed by atoms with E-state index in [4.69, 9.17) is 16.3 Å². The van der Waals surface area contributed by atoms with Gasteiger partial charge in [0.25, 0.3) is 0 Å². The van der Waals surface area contributed by atoms with Crippen LogP contribution in [0.25, 0.3) is 0 Å². The van der Waals surface area contributed by atoms with Crippen LogP contribution < -0.4 is 10.6 Å². The fraction of sp³-hybridized carbons (Fsp3) is 0.611. The van der Waals surface area contributed by atoms with Crippen LogP contribution >= 0.6 is 11.6 Å². The fourth-order valence-corrected chi connectivity index (χ4v) is 4.01. The van der Waals surface area contributed by atoms with E-state index in [0.29, 0.717) is 19.8 Å². The number of nitrogens with one attached hydrogen (secondary N) is 2. The summed E-state index contributed by atoms with van der Waals surface area (Å²) in [5, 5.41) is 7.28. The van der Waals surface area contributed by atoms with Crippen LogP contribution in [0.15, 0.2) is 24.3 Å². The second-order valence-corrected chi connectivity index (χ2v) is 7.04. The largest absolute Gasteiger partial charge is 0.381 e. The zero-order valence-corrected chi connectivity index (χ0v) is 14.2. The van der Waals surface area contributed by atoms with Crippen molar-refractivity contribution in [2.24, 2.45) is 5.92 Å². The summed E-state index contributed by atoms with van der Waals surface area (Å²) in [6.07, 6.45) is 3.82. The Morgan fingerprint density at radius 3 is 2.83 bits per heavy atom. The summed E-state index contributed by atoms with van der Waals surface area (Å²) in [6, 6.07) is 7.99. The minimum Gasteiger partial charge on any atom is -0.381 e. The Morgan fingerprint density at radius 2 is 2.13 bits per heavy atom. The highest BCUT2D eigenvalue weighted by Gasteiger charge is 2.37. The van der Waals surface area contributed by atoms with E-state index < -0.39 is 0 Å². The molecule has 1 aromatic carbocycles. The minimum absolute atomic E-state index is 0.0897. The monoisotopic (exact) mass is 336 g/mol. The normalized spacial score (nSPS) is 24.1. The maximum Gasteiger partial charge on any atom is 0.224 e. The third-order valence-electron chi connectivity index (χ3n) is 5.16. The molecule has 2 fully saturated rings. The highest BCUT2D eigenvalue weighted by molar-refractivity contribution is 6.31. The van der Waals surface area contributed by atoms with Gasteiger partial charge in [-0.3, -0.25) is 4.79 Å². The molecule has 2 aliphatic heterocycles. The van der Waals surface area contributed by atoms with Crippen molar-refractivity contribution in [3.63, 3.8) is 0 Å². The predicted molar refractivity (Wildman–Crippen MR) is 91.8 cm³/mol. The Bertz CT molecular complexity index is 538. The first-order valence-electron chi connectivity index (χ1n) is 8.52. The van der Waals surface area contributed by atoms with Crippen LogP contribution in [0, 0.1) is 5.92 Å². The number of halogens is 1. The molecule has 4 nitrogen and oxygen atoms in total. The van der Waals surface area contributed by atoms with E-state index in [9.17, 15) is 4.79 Å². The second kappa shape index (κ2) is 7.65. The Hall–Kier alpha value is -1.10. The second-order valence-electron chi connectivity index (χ2n) is 6.63. The first-order chi connectivity index (χ1) is 11.2. The standard InChI is InChI=1S/C18H25ClN2O2/c19-16-6-2-1-5-15(16)18(7-10-23-11-8-18)13-21-17(22)14-4-3-9-20-12-14/h1-2,5-6,14,20H,3-4,7-13H2,(H,21,22). The van der Waals surface area contributed by atoms with Crippen molar-refractivity contribution in [3.05, 3.63) is 34.9 Å². The molecule has 5 heteroatoms. The lowest BCUT2D eigenvalue weighted by Gasteiger charge is -2.39. The first kappa shape index (κ1) is 16.7. The van der Waals surface area contributed by atoms with Gasteiger partial charge in [0.2, 0.25) is 5.91 Å². The Morgan fingerprint density at radius 1 is 1.35 bits per heavy atom. The Labute approximate surface area is 142 Å². The number of carbonyl (C=O) groups is 1. The molecule has 2 saturated heterocycles. The van der Waals surface area contributed by atoms with Crippen molar-refractivity contribution < 1.29 is 9.53 Å². The SMILES string of the molecule is O=C(NCC1(c2ccccc2Cl)CCOCC1)C1CCCNC1. The molecule has 0 bridgehead atoms. The molecule has 0 saturated carbocycles. The van der Waals surface area contributed by atoms with Crippen LogP contribution in [-0.4, -0.2) is 38.8 Å². The highest BCUT2D eigenvalue weighted by Crippen LogP contribution is 2.38. The molecule has 2 heterocycles. The molecule has 1 aromatic rings. The van der Waals surface area contributed by atoms with Gasteiger partial charge in [-0.05, 0) is 43.9 Å². The van der Waals surface area contributed by atoms with Crippen LogP contribution in [0.1, 0.15) is 31.2 Å². The van der Waals surface area contributed by atoms with Crippen LogP contribution in [0.5, 0.6) is 0 Å². The number of rotatable bonds is 4. The summed E-state index contributed by atoms with van der Waals surface area (Å²) in [5.41, 5.74) is 1.01. The molecule has 0 aromatic heterocycles. The Balaban J connectivity index is 1.72. The zero-order chi connectivity index (χ0) is 16.1. The molecule has 1 unspecified atom stereocenters. The van der Waals surface area contributed by atoms with Crippen LogP contribution in [0.2, 0.25) is 5.02 Å². The molecule has 3 rings (SSSR count). The highest BCUT2D eigenvalue weighted by atomic mass is 35.5. The average molecular weight is 337 g/mol. The quantitative estimate of drug-likeness (QED) is 0.888. The van der Waals surface area contributed by atoms with E-state index in [-0.39, 0.29) is 17.2 Å². The van der Waals surface area contributed by atoms with Crippen molar-refractivity contribution >= 4 is 17.5 Å². The molecule has 23 heavy (non-hydrogen) atoms. The number of hydrogen-bond donors (Lipinski definition) is 2. The lowest BCUT2D eigenvalue weighted by Crippen LogP contribution is -2.48. The van der Waals surface area contributed by atoms with E-state index in [0.717, 1.165) is 49.4 Å². The predicted octanol–water partition coefficient (Wildman–Crippen LogP) is 2.50. The maximum atomic E-state index is 12.5. The van der Waals surface area contributed by atoms with E-state index in [1.807, 2.05) is 18.2 Å². The molecule has 126 valence electrons. The van der Waals surface area contributed by atoms with E-state index >= 15 is 0 Å². The molecule has 2 N–H and O–H groups in total. The van der Waals surface area contributed by atoms with E-state index in [1.165, 1.54) is 0 Å². The van der Waals surface area contributed by atoms with Gasteiger partial charge < -0.3 is 15.4 Å². The number of carbonyl (C=O) groups excluding carboxylic acids is 1. The third-order valence-corrected chi connectivity index (χ3v) is 5.49. The summed E-state index contributed by atoms with van der Waals surface area (Å²) in [4.78, 5) is 12.5. The molecular weight excluding hydrogens is 312 g/mol. The van der Waals surface area contributed by atoms with Crippen molar-refractivity contribution in [1.82, 2.24) is 10.6 Å². The smallest absolute Gasteiger partial charge is 0.224 e. The number of ether oxygens (including phenoxy) is 1. The van der Waals surface area contributed by atoms with Gasteiger partial charge >= 0.3 is 0 Å². The van der Waals surface area contributed by atoms with Crippen molar-refractivity contribution in [2.75, 3.05) is 32.8 Å². The van der Waals surface area contributed by atoms with Crippen LogP contribution in [-0.2, 0) is 14.9 Å². The van der Waals surface area contributed by atoms with Gasteiger partial charge in [-0.25, -0.2) is 0 Å². The van der Waals surface area contributed by atoms with Crippen LogP contribution in [0.3, 0.4) is 0 Å². The minimum atomic E-state index is -0.117. The van der Waals surface area contributed by atoms with E-state index in [1.54, 1.807) is 0 Å². The topological polar surface area (TPSA) is 50.4 Å². The fourth-order valence-electron chi connectivity index (χ4n) is 3.67. The summed E-state index contributed by atoms with van der Waals surface area (Å²) >= 11 is 6.45. The molecule has 1 amide bonds. The van der Waals surface area contributed by atoms with Gasteiger partial charge in [0, 0.05) is 36.7 Å². The van der Waals surface area contributed by atoms with E-state index in [2.05, 4.69) is 16.7 Å². The van der Waals surface area contributed by atoms with Gasteiger partial charge in [0.05, 0.1) is 5.92 Å². The Kier molecular flexibility index (Phi) is 5.57. The maximum absolute atomic E-state index is 12.5. The first-order valence-corrected chi connectivity index (χ1v) is 8.90. The molecule has 0 spiro atoms. The number of piperidine rings is 1. The van der Waals surface area contributed by atoms with Gasteiger partial charge in [-0.2, -0.15) is 0 Å². The third kappa shape index (κ3) is 3.87. The molecule has 0 radical (unpaired) electrons. The summed E-state index contributed by atoms with van der Waals surface area (Å²) in [5.74, 6) is 0.252. The lowest BCUT2D eigenvalue weighted by molar-refractivity contribution is -0.126. The van der Waals surface area contributed by atoms with Gasteiger partial charge in [-0.1, -0.05) is 29.8 Å². The van der Waals surface area contributed by atoms with Gasteiger partial charge in [-0.15, -0.1) is 0 Å². The summed E-state index contributed by atoms with van der Waals surface area (Å²) in [6.45, 7) is 3.87. The molecular formula is C18H25ClN2O2. The average Bonchev–Trinajstić information content (AvgIpc) is 2.61. The van der Waals surface area contributed by atoms with Crippen molar-refractivity contribution in [2.45, 2.75) is 31.1 Å². The van der Waals surface area contributed by atoms with Crippen molar-refractivity contribution in [1.29, 1.82) is 0 Å².